The van der Waals surface area contributed by atoms with E-state index in [9.17, 15) is 9.90 Å². The largest absolute Gasteiger partial charge is 0.446 e. The average molecular weight is 201 g/mol. The molecule has 3 atom stereocenters. The van der Waals surface area contributed by atoms with Crippen molar-refractivity contribution in [3.05, 3.63) is 0 Å². The van der Waals surface area contributed by atoms with Crippen LogP contribution >= 0.6 is 0 Å². The van der Waals surface area contributed by atoms with Crippen molar-refractivity contribution in [2.75, 3.05) is 13.2 Å². The van der Waals surface area contributed by atoms with E-state index in [0.29, 0.717) is 19.4 Å². The summed E-state index contributed by atoms with van der Waals surface area (Å²) < 4.78 is 10.4. The zero-order chi connectivity index (χ0) is 10.2. The van der Waals surface area contributed by atoms with Gasteiger partial charge in [0.1, 0.15) is 6.10 Å². The second-order valence-corrected chi connectivity index (χ2v) is 4.13. The highest BCUT2D eigenvalue weighted by molar-refractivity contribution is 5.64. The van der Waals surface area contributed by atoms with Gasteiger partial charge >= 0.3 is 6.09 Å². The number of amides is 1. The normalized spacial score (nSPS) is 40.9. The third kappa shape index (κ3) is 1.46. The number of aliphatic hydroxyl groups excluding tert-OH is 1. The van der Waals surface area contributed by atoms with Gasteiger partial charge < -0.3 is 20.3 Å². The van der Waals surface area contributed by atoms with Gasteiger partial charge in [0, 0.05) is 18.4 Å². The topological polar surface area (TPSA) is 81.8 Å². The van der Waals surface area contributed by atoms with E-state index >= 15 is 0 Å². The van der Waals surface area contributed by atoms with Gasteiger partial charge in [-0.1, -0.05) is 0 Å². The van der Waals surface area contributed by atoms with E-state index in [1.165, 1.54) is 0 Å². The molecule has 1 aliphatic carbocycles. The first-order valence-electron chi connectivity index (χ1n) is 4.85. The molecule has 80 valence electrons. The Morgan fingerprint density at radius 1 is 1.71 bits per heavy atom. The van der Waals surface area contributed by atoms with Crippen molar-refractivity contribution in [3.63, 3.8) is 0 Å². The first-order valence-corrected chi connectivity index (χ1v) is 4.85. The number of carbonyl (C=O) groups is 1. The van der Waals surface area contributed by atoms with E-state index in [2.05, 4.69) is 0 Å². The van der Waals surface area contributed by atoms with E-state index in [-0.39, 0.29) is 24.2 Å². The van der Waals surface area contributed by atoms with Crippen molar-refractivity contribution in [2.24, 2.45) is 11.1 Å². The quantitative estimate of drug-likeness (QED) is 0.659. The number of hydrogen-bond donors (Lipinski definition) is 2. The predicted molar refractivity (Wildman–Crippen MR) is 47.6 cm³/mol. The first kappa shape index (κ1) is 9.73. The minimum atomic E-state index is -0.747. The summed E-state index contributed by atoms with van der Waals surface area (Å²) in [6.07, 6.45) is 1.25. The molecule has 0 unspecified atom stereocenters. The Labute approximate surface area is 82.2 Å². The maximum absolute atomic E-state index is 10.6. The fourth-order valence-corrected chi connectivity index (χ4v) is 2.57. The Morgan fingerprint density at radius 3 is 3.07 bits per heavy atom. The van der Waals surface area contributed by atoms with E-state index in [4.69, 9.17) is 15.2 Å². The highest BCUT2D eigenvalue weighted by Gasteiger charge is 2.52. The highest BCUT2D eigenvalue weighted by atomic mass is 16.6. The van der Waals surface area contributed by atoms with Crippen LogP contribution in [0.1, 0.15) is 19.3 Å². The third-order valence-electron chi connectivity index (χ3n) is 3.31. The molecule has 2 fully saturated rings. The summed E-state index contributed by atoms with van der Waals surface area (Å²) in [6.45, 7) is 0.783. The standard InChI is InChI=1S/C9H15NO4/c10-8(12)14-6-3-7-9(4-6,5-11)1-2-13-7/h6-7,11H,1-5H2,(H2,10,12)/t6-,7-,9+/m1/s1. The smallest absolute Gasteiger partial charge is 0.404 e. The van der Waals surface area contributed by atoms with Crippen molar-refractivity contribution >= 4 is 6.09 Å². The predicted octanol–water partition coefficient (Wildman–Crippen LogP) is 0.0117. The number of rotatable bonds is 2. The van der Waals surface area contributed by atoms with Crippen LogP contribution in [0.3, 0.4) is 0 Å². The maximum atomic E-state index is 10.6. The summed E-state index contributed by atoms with van der Waals surface area (Å²) in [4.78, 5) is 10.6. The maximum Gasteiger partial charge on any atom is 0.404 e. The number of primary amides is 1. The SMILES string of the molecule is NC(=O)O[C@@H]1C[C@H]2OCC[C@@]2(CO)C1. The minimum Gasteiger partial charge on any atom is -0.446 e. The Bertz CT molecular complexity index is 245. The van der Waals surface area contributed by atoms with Crippen LogP contribution in [0.25, 0.3) is 0 Å². The summed E-state index contributed by atoms with van der Waals surface area (Å²) in [5.41, 5.74) is 4.75. The molecule has 2 aliphatic rings. The molecule has 3 N–H and O–H groups in total. The summed E-state index contributed by atoms with van der Waals surface area (Å²) in [7, 11) is 0. The van der Waals surface area contributed by atoms with E-state index in [0.717, 1.165) is 6.42 Å². The Morgan fingerprint density at radius 2 is 2.50 bits per heavy atom. The number of nitrogens with two attached hydrogens (primary N) is 1. The van der Waals surface area contributed by atoms with E-state index in [1.54, 1.807) is 0 Å². The van der Waals surface area contributed by atoms with Gasteiger partial charge in [0.25, 0.3) is 0 Å². The van der Waals surface area contributed by atoms with E-state index < -0.39 is 6.09 Å². The molecule has 1 amide bonds. The van der Waals surface area contributed by atoms with Gasteiger partial charge in [-0.05, 0) is 12.8 Å². The van der Waals surface area contributed by atoms with Crippen LogP contribution in [0.15, 0.2) is 0 Å². The van der Waals surface area contributed by atoms with Crippen molar-refractivity contribution < 1.29 is 19.4 Å². The molecular formula is C9H15NO4. The van der Waals surface area contributed by atoms with Gasteiger partial charge in [0.15, 0.2) is 0 Å². The van der Waals surface area contributed by atoms with Crippen LogP contribution in [-0.2, 0) is 9.47 Å². The van der Waals surface area contributed by atoms with Crippen molar-refractivity contribution in [3.8, 4) is 0 Å². The molecule has 0 bridgehead atoms. The molecule has 5 heteroatoms. The number of ether oxygens (including phenoxy) is 2. The fraction of sp³-hybridized carbons (Fsp3) is 0.889. The lowest BCUT2D eigenvalue weighted by Gasteiger charge is -2.23. The molecule has 1 saturated heterocycles. The Balaban J connectivity index is 2.01. The van der Waals surface area contributed by atoms with Crippen LogP contribution in [-0.4, -0.2) is 36.6 Å². The zero-order valence-corrected chi connectivity index (χ0v) is 7.94. The zero-order valence-electron chi connectivity index (χ0n) is 7.94. The molecule has 0 radical (unpaired) electrons. The lowest BCUT2D eigenvalue weighted by Crippen LogP contribution is -2.29. The number of aliphatic hydroxyl groups is 1. The number of carbonyl (C=O) groups excluding carboxylic acids is 1. The van der Waals surface area contributed by atoms with Crippen molar-refractivity contribution in [2.45, 2.75) is 31.5 Å². The minimum absolute atomic E-state index is 0.0249. The van der Waals surface area contributed by atoms with Crippen molar-refractivity contribution in [1.29, 1.82) is 0 Å². The van der Waals surface area contributed by atoms with Gasteiger partial charge in [0.05, 0.1) is 12.7 Å². The lowest BCUT2D eigenvalue weighted by molar-refractivity contribution is 0.0376. The molecule has 1 saturated carbocycles. The number of hydrogen-bond acceptors (Lipinski definition) is 4. The van der Waals surface area contributed by atoms with Crippen LogP contribution in [0, 0.1) is 5.41 Å². The molecule has 2 rings (SSSR count). The Kier molecular flexibility index (Phi) is 2.36. The molecular weight excluding hydrogens is 186 g/mol. The van der Waals surface area contributed by atoms with Crippen molar-refractivity contribution in [1.82, 2.24) is 0 Å². The monoisotopic (exact) mass is 201 g/mol. The summed E-state index contributed by atoms with van der Waals surface area (Å²) in [6, 6.07) is 0. The second kappa shape index (κ2) is 3.40. The molecule has 0 aromatic heterocycles. The molecule has 0 aromatic rings. The summed E-state index contributed by atoms with van der Waals surface area (Å²) >= 11 is 0. The third-order valence-corrected chi connectivity index (χ3v) is 3.31. The van der Waals surface area contributed by atoms with Gasteiger partial charge in [-0.15, -0.1) is 0 Å². The van der Waals surface area contributed by atoms with Crippen LogP contribution < -0.4 is 5.73 Å². The first-order chi connectivity index (χ1) is 6.66. The molecule has 0 spiro atoms. The fourth-order valence-electron chi connectivity index (χ4n) is 2.57. The molecule has 5 nitrogen and oxygen atoms in total. The van der Waals surface area contributed by atoms with E-state index in [1.807, 2.05) is 0 Å². The van der Waals surface area contributed by atoms with Crippen LogP contribution in [0.4, 0.5) is 4.79 Å². The van der Waals surface area contributed by atoms with Crippen LogP contribution in [0.5, 0.6) is 0 Å². The summed E-state index contributed by atoms with van der Waals surface area (Å²) in [5.74, 6) is 0. The van der Waals surface area contributed by atoms with Gasteiger partial charge in [-0.3, -0.25) is 0 Å². The van der Waals surface area contributed by atoms with Gasteiger partial charge in [-0.25, -0.2) is 4.79 Å². The summed E-state index contributed by atoms with van der Waals surface area (Å²) in [5, 5.41) is 9.33. The van der Waals surface area contributed by atoms with Crippen LogP contribution in [0.2, 0.25) is 0 Å². The number of fused-ring (bicyclic) bond motifs is 1. The molecule has 0 aromatic carbocycles. The second-order valence-electron chi connectivity index (χ2n) is 4.13. The highest BCUT2D eigenvalue weighted by Crippen LogP contribution is 2.47. The molecule has 1 aliphatic heterocycles. The average Bonchev–Trinajstić information content (AvgIpc) is 2.59. The van der Waals surface area contributed by atoms with Gasteiger partial charge in [-0.2, -0.15) is 0 Å². The Hall–Kier alpha value is -0.810. The molecule has 14 heavy (non-hydrogen) atoms. The molecule has 1 heterocycles. The van der Waals surface area contributed by atoms with Gasteiger partial charge in [0.2, 0.25) is 0 Å². The lowest BCUT2D eigenvalue weighted by atomic mass is 9.84.